The zero-order valence-corrected chi connectivity index (χ0v) is 16.8. The van der Waals surface area contributed by atoms with Crippen molar-refractivity contribution in [2.24, 2.45) is 0 Å². The Balaban J connectivity index is 1.42. The number of amides is 4. The molecule has 1 saturated heterocycles. The van der Waals surface area contributed by atoms with E-state index in [0.29, 0.717) is 30.3 Å². The van der Waals surface area contributed by atoms with Gasteiger partial charge in [0, 0.05) is 0 Å². The number of ether oxygens (including phenoxy) is 2. The SMILES string of the molecule is CC(NC(=O)CN1C(=O)NC(C)(c2ccccc2)C1=O)c1ccc2c(c1)OCCO2. The van der Waals surface area contributed by atoms with Crippen molar-refractivity contribution in [2.45, 2.75) is 25.4 Å². The molecule has 2 aromatic rings. The van der Waals surface area contributed by atoms with Gasteiger partial charge >= 0.3 is 6.03 Å². The van der Waals surface area contributed by atoms with Crippen molar-refractivity contribution < 1.29 is 23.9 Å². The van der Waals surface area contributed by atoms with Gasteiger partial charge in [0.25, 0.3) is 5.91 Å². The first-order valence-corrected chi connectivity index (χ1v) is 9.77. The minimum atomic E-state index is -1.19. The Labute approximate surface area is 174 Å². The number of carbonyl (C=O) groups excluding carboxylic acids is 3. The third-order valence-electron chi connectivity index (χ3n) is 5.37. The molecule has 1 fully saturated rings. The lowest BCUT2D eigenvalue weighted by molar-refractivity contribution is -0.135. The number of hydrogen-bond acceptors (Lipinski definition) is 5. The summed E-state index contributed by atoms with van der Waals surface area (Å²) in [7, 11) is 0. The second-order valence-electron chi connectivity index (χ2n) is 7.50. The summed E-state index contributed by atoms with van der Waals surface area (Å²) < 4.78 is 11.1. The third-order valence-corrected chi connectivity index (χ3v) is 5.37. The molecule has 0 aromatic heterocycles. The van der Waals surface area contributed by atoms with Crippen LogP contribution in [-0.2, 0) is 15.1 Å². The zero-order chi connectivity index (χ0) is 21.3. The van der Waals surface area contributed by atoms with Gasteiger partial charge in [-0.05, 0) is 37.1 Å². The Hall–Kier alpha value is -3.55. The van der Waals surface area contributed by atoms with Crippen LogP contribution in [0.5, 0.6) is 11.5 Å². The van der Waals surface area contributed by atoms with Crippen LogP contribution in [0.25, 0.3) is 0 Å². The number of imide groups is 1. The van der Waals surface area contributed by atoms with Crippen molar-refractivity contribution in [1.29, 1.82) is 0 Å². The van der Waals surface area contributed by atoms with Crippen LogP contribution < -0.4 is 20.1 Å². The summed E-state index contributed by atoms with van der Waals surface area (Å²) in [6.45, 7) is 4.08. The van der Waals surface area contributed by atoms with Gasteiger partial charge in [0.05, 0.1) is 6.04 Å². The Morgan fingerprint density at radius 2 is 1.83 bits per heavy atom. The molecule has 4 amide bonds. The molecule has 4 rings (SSSR count). The van der Waals surface area contributed by atoms with Gasteiger partial charge < -0.3 is 20.1 Å². The fraction of sp³-hybridized carbons (Fsp3) is 0.318. The van der Waals surface area contributed by atoms with Crippen molar-refractivity contribution in [3.63, 3.8) is 0 Å². The summed E-state index contributed by atoms with van der Waals surface area (Å²) in [6.07, 6.45) is 0. The maximum atomic E-state index is 12.9. The average molecular weight is 409 g/mol. The van der Waals surface area contributed by atoms with E-state index >= 15 is 0 Å². The molecule has 2 N–H and O–H groups in total. The molecule has 2 unspecified atom stereocenters. The van der Waals surface area contributed by atoms with Crippen LogP contribution in [0.4, 0.5) is 4.79 Å². The maximum Gasteiger partial charge on any atom is 0.325 e. The quantitative estimate of drug-likeness (QED) is 0.738. The Kier molecular flexibility index (Phi) is 5.07. The van der Waals surface area contributed by atoms with Crippen molar-refractivity contribution in [2.75, 3.05) is 19.8 Å². The molecule has 0 saturated carbocycles. The number of benzene rings is 2. The second kappa shape index (κ2) is 7.70. The number of fused-ring (bicyclic) bond motifs is 1. The molecule has 2 aromatic carbocycles. The molecule has 8 nitrogen and oxygen atoms in total. The maximum absolute atomic E-state index is 12.9. The molecule has 0 radical (unpaired) electrons. The Morgan fingerprint density at radius 3 is 2.57 bits per heavy atom. The first kappa shape index (κ1) is 19.8. The van der Waals surface area contributed by atoms with E-state index in [9.17, 15) is 14.4 Å². The van der Waals surface area contributed by atoms with Crippen LogP contribution >= 0.6 is 0 Å². The summed E-state index contributed by atoms with van der Waals surface area (Å²) in [4.78, 5) is 38.8. The lowest BCUT2D eigenvalue weighted by Gasteiger charge is -2.23. The summed E-state index contributed by atoms with van der Waals surface area (Å²) in [6, 6.07) is 13.5. The minimum Gasteiger partial charge on any atom is -0.486 e. The van der Waals surface area contributed by atoms with Crippen molar-refractivity contribution >= 4 is 17.8 Å². The van der Waals surface area contributed by atoms with Crippen molar-refractivity contribution in [3.05, 3.63) is 59.7 Å². The van der Waals surface area contributed by atoms with Crippen LogP contribution in [0, 0.1) is 0 Å². The highest BCUT2D eigenvalue weighted by molar-refractivity contribution is 6.09. The molecule has 30 heavy (non-hydrogen) atoms. The predicted molar refractivity (Wildman–Crippen MR) is 108 cm³/mol. The number of carbonyl (C=O) groups is 3. The molecule has 2 atom stereocenters. The molecular weight excluding hydrogens is 386 g/mol. The molecule has 8 heteroatoms. The van der Waals surface area contributed by atoms with Crippen LogP contribution in [0.3, 0.4) is 0 Å². The summed E-state index contributed by atoms with van der Waals surface area (Å²) in [5, 5.41) is 5.53. The van der Waals surface area contributed by atoms with Crippen LogP contribution in [0.1, 0.15) is 31.0 Å². The van der Waals surface area contributed by atoms with E-state index in [1.54, 1.807) is 37.3 Å². The van der Waals surface area contributed by atoms with E-state index in [2.05, 4.69) is 10.6 Å². The topological polar surface area (TPSA) is 97.0 Å². The molecule has 0 aliphatic carbocycles. The van der Waals surface area contributed by atoms with Crippen LogP contribution in [0.15, 0.2) is 48.5 Å². The molecule has 2 heterocycles. The fourth-order valence-electron chi connectivity index (χ4n) is 3.65. The van der Waals surface area contributed by atoms with Crippen LogP contribution in [-0.4, -0.2) is 42.5 Å². The van der Waals surface area contributed by atoms with Crippen molar-refractivity contribution in [1.82, 2.24) is 15.5 Å². The van der Waals surface area contributed by atoms with Gasteiger partial charge in [0.15, 0.2) is 11.5 Å². The second-order valence-corrected chi connectivity index (χ2v) is 7.50. The van der Waals surface area contributed by atoms with E-state index in [4.69, 9.17) is 9.47 Å². The van der Waals surface area contributed by atoms with Gasteiger partial charge in [-0.15, -0.1) is 0 Å². The number of rotatable bonds is 5. The summed E-state index contributed by atoms with van der Waals surface area (Å²) in [5.41, 5.74) is 0.301. The Bertz CT molecular complexity index is 994. The summed E-state index contributed by atoms with van der Waals surface area (Å²) >= 11 is 0. The van der Waals surface area contributed by atoms with Gasteiger partial charge in [-0.2, -0.15) is 0 Å². The van der Waals surface area contributed by atoms with Gasteiger partial charge in [0.2, 0.25) is 5.91 Å². The van der Waals surface area contributed by atoms with Gasteiger partial charge in [-0.3, -0.25) is 14.5 Å². The molecule has 0 bridgehead atoms. The zero-order valence-electron chi connectivity index (χ0n) is 16.8. The van der Waals surface area contributed by atoms with Gasteiger partial charge in [0.1, 0.15) is 25.3 Å². The summed E-state index contributed by atoms with van der Waals surface area (Å²) in [5.74, 6) is 0.412. The lowest BCUT2D eigenvalue weighted by Crippen LogP contribution is -2.43. The lowest BCUT2D eigenvalue weighted by atomic mass is 9.92. The molecule has 0 spiro atoms. The Morgan fingerprint density at radius 1 is 1.13 bits per heavy atom. The predicted octanol–water partition coefficient (Wildman–Crippen LogP) is 2.10. The number of nitrogens with one attached hydrogen (secondary N) is 2. The van der Waals surface area contributed by atoms with Crippen molar-refractivity contribution in [3.8, 4) is 11.5 Å². The number of urea groups is 1. The highest BCUT2D eigenvalue weighted by Gasteiger charge is 2.49. The van der Waals surface area contributed by atoms with Gasteiger partial charge in [-0.1, -0.05) is 36.4 Å². The first-order chi connectivity index (χ1) is 14.4. The van der Waals surface area contributed by atoms with E-state index < -0.39 is 23.4 Å². The molecular formula is C22H23N3O5. The average Bonchev–Trinajstić information content (AvgIpc) is 2.98. The third kappa shape index (κ3) is 3.56. The molecule has 2 aliphatic rings. The van der Waals surface area contributed by atoms with Crippen LogP contribution in [0.2, 0.25) is 0 Å². The van der Waals surface area contributed by atoms with E-state index in [1.165, 1.54) is 0 Å². The number of hydrogen-bond donors (Lipinski definition) is 2. The highest BCUT2D eigenvalue weighted by atomic mass is 16.6. The van der Waals surface area contributed by atoms with E-state index in [-0.39, 0.29) is 12.6 Å². The molecule has 156 valence electrons. The monoisotopic (exact) mass is 409 g/mol. The minimum absolute atomic E-state index is 0.338. The van der Waals surface area contributed by atoms with Gasteiger partial charge in [-0.25, -0.2) is 4.79 Å². The smallest absolute Gasteiger partial charge is 0.325 e. The standard InChI is InChI=1S/C22H23N3O5/c1-14(15-8-9-17-18(12-15)30-11-10-29-17)23-19(26)13-25-20(27)22(2,24-21(25)28)16-6-4-3-5-7-16/h3-9,12,14H,10-11,13H2,1-2H3,(H,23,26)(H,24,28). The largest absolute Gasteiger partial charge is 0.486 e. The van der Waals surface area contributed by atoms with E-state index in [0.717, 1.165) is 10.5 Å². The van der Waals surface area contributed by atoms with E-state index in [1.807, 2.05) is 25.1 Å². The highest BCUT2D eigenvalue weighted by Crippen LogP contribution is 2.33. The fourth-order valence-corrected chi connectivity index (χ4v) is 3.65. The first-order valence-electron chi connectivity index (χ1n) is 9.77. The normalized spacial score (nSPS) is 21.2. The molecule has 2 aliphatic heterocycles. The number of nitrogens with zero attached hydrogens (tertiary/aromatic N) is 1.